The Morgan fingerprint density at radius 2 is 1.93 bits per heavy atom. The van der Waals surface area contributed by atoms with Crippen LogP contribution in [0.2, 0.25) is 0 Å². The fourth-order valence-corrected chi connectivity index (χ4v) is 1.60. The monoisotopic (exact) mass is 258 g/mol. The number of aromatic carboxylic acids is 1. The molecule has 0 saturated heterocycles. The highest BCUT2D eigenvalue weighted by Crippen LogP contribution is 2.21. The van der Waals surface area contributed by atoms with Crippen molar-refractivity contribution in [2.75, 3.05) is 0 Å². The van der Waals surface area contributed by atoms with E-state index in [0.29, 0.717) is 4.47 Å². The summed E-state index contributed by atoms with van der Waals surface area (Å²) < 4.78 is 0.500. The highest BCUT2D eigenvalue weighted by molar-refractivity contribution is 9.10. The van der Waals surface area contributed by atoms with E-state index in [1.54, 1.807) is 12.1 Å². The molecule has 2 N–H and O–H groups in total. The van der Waals surface area contributed by atoms with Gasteiger partial charge >= 0.3 is 11.9 Å². The van der Waals surface area contributed by atoms with Crippen LogP contribution in [0.25, 0.3) is 0 Å². The molecular formula is C9H7BrO4. The molecule has 0 unspecified atom stereocenters. The van der Waals surface area contributed by atoms with Crippen molar-refractivity contribution < 1.29 is 19.8 Å². The number of hydrogen-bond donors (Lipinski definition) is 2. The van der Waals surface area contributed by atoms with Crippen LogP contribution in [0.15, 0.2) is 22.7 Å². The Morgan fingerprint density at radius 3 is 2.43 bits per heavy atom. The average molecular weight is 259 g/mol. The van der Waals surface area contributed by atoms with Gasteiger partial charge < -0.3 is 10.2 Å². The molecule has 1 rings (SSSR count). The Labute approximate surface area is 88.3 Å². The van der Waals surface area contributed by atoms with E-state index in [1.165, 1.54) is 6.07 Å². The fraction of sp³-hybridized carbons (Fsp3) is 0.111. The van der Waals surface area contributed by atoms with Gasteiger partial charge in [0.25, 0.3) is 0 Å². The zero-order chi connectivity index (χ0) is 10.7. The molecular weight excluding hydrogens is 252 g/mol. The standard InChI is InChI=1S/C9H7BrO4/c10-7-3-1-2-5(9(13)14)6(7)4-8(11)12/h1-3H,4H2,(H,11,12)(H,13,14). The van der Waals surface area contributed by atoms with Crippen LogP contribution in [-0.4, -0.2) is 22.2 Å². The lowest BCUT2D eigenvalue weighted by molar-refractivity contribution is -0.136. The largest absolute Gasteiger partial charge is 0.481 e. The summed E-state index contributed by atoms with van der Waals surface area (Å²) in [6, 6.07) is 4.55. The number of carbonyl (C=O) groups is 2. The molecule has 1 aromatic carbocycles. The maximum absolute atomic E-state index is 10.7. The zero-order valence-corrected chi connectivity index (χ0v) is 8.61. The average Bonchev–Trinajstić information content (AvgIpc) is 2.07. The maximum Gasteiger partial charge on any atom is 0.336 e. The van der Waals surface area contributed by atoms with Crippen molar-refractivity contribution in [3.05, 3.63) is 33.8 Å². The number of hydrogen-bond acceptors (Lipinski definition) is 2. The molecule has 1 aromatic rings. The molecule has 0 aromatic heterocycles. The normalized spacial score (nSPS) is 9.79. The molecule has 0 atom stereocenters. The summed E-state index contributed by atoms with van der Waals surface area (Å²) in [6.45, 7) is 0. The van der Waals surface area contributed by atoms with Crippen LogP contribution < -0.4 is 0 Å². The minimum Gasteiger partial charge on any atom is -0.481 e. The summed E-state index contributed by atoms with van der Waals surface area (Å²) in [6.07, 6.45) is -0.303. The van der Waals surface area contributed by atoms with E-state index in [-0.39, 0.29) is 17.5 Å². The number of carboxylic acid groups (broad SMARTS) is 2. The van der Waals surface area contributed by atoms with Gasteiger partial charge in [-0.1, -0.05) is 22.0 Å². The minimum atomic E-state index is -1.12. The lowest BCUT2D eigenvalue weighted by Crippen LogP contribution is -2.08. The quantitative estimate of drug-likeness (QED) is 0.867. The van der Waals surface area contributed by atoms with Crippen LogP contribution >= 0.6 is 15.9 Å². The molecule has 0 spiro atoms. The third-order valence-corrected chi connectivity index (χ3v) is 2.42. The first kappa shape index (κ1) is 10.7. The van der Waals surface area contributed by atoms with Gasteiger partial charge in [0, 0.05) is 4.47 Å². The molecule has 0 fully saturated rings. The van der Waals surface area contributed by atoms with Crippen molar-refractivity contribution in [1.82, 2.24) is 0 Å². The lowest BCUT2D eigenvalue weighted by Gasteiger charge is -2.05. The van der Waals surface area contributed by atoms with Crippen LogP contribution in [0, 0.1) is 0 Å². The van der Waals surface area contributed by atoms with Gasteiger partial charge in [0.2, 0.25) is 0 Å². The van der Waals surface area contributed by atoms with Gasteiger partial charge in [-0.15, -0.1) is 0 Å². The third kappa shape index (κ3) is 2.32. The molecule has 5 heteroatoms. The number of aliphatic carboxylic acids is 1. The summed E-state index contributed by atoms with van der Waals surface area (Å²) in [5.74, 6) is -2.18. The number of benzene rings is 1. The Balaban J connectivity index is 3.22. The van der Waals surface area contributed by atoms with Crippen LogP contribution in [0.1, 0.15) is 15.9 Å². The summed E-state index contributed by atoms with van der Waals surface area (Å²) in [7, 11) is 0. The van der Waals surface area contributed by atoms with E-state index in [9.17, 15) is 9.59 Å². The van der Waals surface area contributed by atoms with Crippen molar-refractivity contribution in [2.24, 2.45) is 0 Å². The molecule has 74 valence electrons. The summed E-state index contributed by atoms with van der Waals surface area (Å²) >= 11 is 3.12. The Kier molecular flexibility index (Phi) is 3.24. The van der Waals surface area contributed by atoms with Gasteiger partial charge in [0.15, 0.2) is 0 Å². The van der Waals surface area contributed by atoms with Crippen LogP contribution in [0.3, 0.4) is 0 Å². The van der Waals surface area contributed by atoms with E-state index in [0.717, 1.165) is 0 Å². The van der Waals surface area contributed by atoms with Gasteiger partial charge in [-0.3, -0.25) is 4.79 Å². The molecule has 0 aliphatic carbocycles. The summed E-state index contributed by atoms with van der Waals surface area (Å²) in [4.78, 5) is 21.2. The van der Waals surface area contributed by atoms with E-state index in [1.807, 2.05) is 0 Å². The molecule has 0 radical (unpaired) electrons. The van der Waals surface area contributed by atoms with Crippen LogP contribution in [-0.2, 0) is 11.2 Å². The fourth-order valence-electron chi connectivity index (χ4n) is 1.09. The van der Waals surface area contributed by atoms with E-state index in [2.05, 4.69) is 15.9 Å². The Hall–Kier alpha value is -1.36. The Morgan fingerprint density at radius 1 is 1.29 bits per heavy atom. The van der Waals surface area contributed by atoms with Crippen LogP contribution in [0.4, 0.5) is 0 Å². The van der Waals surface area contributed by atoms with Crippen molar-refractivity contribution in [2.45, 2.75) is 6.42 Å². The van der Waals surface area contributed by atoms with Crippen molar-refractivity contribution >= 4 is 27.9 Å². The molecule has 0 aliphatic heterocycles. The highest BCUT2D eigenvalue weighted by atomic mass is 79.9. The van der Waals surface area contributed by atoms with Gasteiger partial charge in [-0.05, 0) is 17.7 Å². The predicted molar refractivity (Wildman–Crippen MR) is 52.4 cm³/mol. The first-order valence-corrected chi connectivity index (χ1v) is 4.54. The van der Waals surface area contributed by atoms with Crippen molar-refractivity contribution in [3.63, 3.8) is 0 Å². The van der Waals surface area contributed by atoms with E-state index in [4.69, 9.17) is 10.2 Å². The lowest BCUT2D eigenvalue weighted by atomic mass is 10.1. The smallest absolute Gasteiger partial charge is 0.336 e. The number of carboxylic acids is 2. The maximum atomic E-state index is 10.7. The first-order chi connectivity index (χ1) is 6.52. The van der Waals surface area contributed by atoms with Gasteiger partial charge in [-0.25, -0.2) is 4.79 Å². The SMILES string of the molecule is O=C(O)Cc1c(Br)cccc1C(=O)O. The molecule has 0 saturated carbocycles. The number of rotatable bonds is 3. The topological polar surface area (TPSA) is 74.6 Å². The van der Waals surface area contributed by atoms with Crippen molar-refractivity contribution in [1.29, 1.82) is 0 Å². The second-order valence-electron chi connectivity index (χ2n) is 2.64. The summed E-state index contributed by atoms with van der Waals surface area (Å²) in [5, 5.41) is 17.4. The van der Waals surface area contributed by atoms with E-state index >= 15 is 0 Å². The minimum absolute atomic E-state index is 0.0155. The summed E-state index contributed by atoms with van der Waals surface area (Å²) in [5.41, 5.74) is 0.300. The van der Waals surface area contributed by atoms with Gasteiger partial charge in [0.1, 0.15) is 0 Å². The Bertz CT molecular complexity index is 386. The second kappa shape index (κ2) is 4.23. The molecule has 4 nitrogen and oxygen atoms in total. The van der Waals surface area contributed by atoms with Crippen LogP contribution in [0.5, 0.6) is 0 Å². The second-order valence-corrected chi connectivity index (χ2v) is 3.50. The van der Waals surface area contributed by atoms with Gasteiger partial charge in [-0.2, -0.15) is 0 Å². The molecule has 0 aliphatic rings. The number of halogens is 1. The first-order valence-electron chi connectivity index (χ1n) is 3.75. The molecule has 0 bridgehead atoms. The van der Waals surface area contributed by atoms with Gasteiger partial charge in [0.05, 0.1) is 12.0 Å². The molecule has 0 amide bonds. The van der Waals surface area contributed by atoms with E-state index < -0.39 is 11.9 Å². The zero-order valence-electron chi connectivity index (χ0n) is 7.03. The molecule has 14 heavy (non-hydrogen) atoms. The third-order valence-electron chi connectivity index (χ3n) is 1.68. The highest BCUT2D eigenvalue weighted by Gasteiger charge is 2.14. The predicted octanol–water partition coefficient (Wildman–Crippen LogP) is 1.77. The van der Waals surface area contributed by atoms with Crippen molar-refractivity contribution in [3.8, 4) is 0 Å². The molecule has 0 heterocycles.